The van der Waals surface area contributed by atoms with E-state index in [2.05, 4.69) is 10.6 Å². The Morgan fingerprint density at radius 3 is 2.25 bits per heavy atom. The molecule has 3 rings (SSSR count). The van der Waals surface area contributed by atoms with E-state index < -0.39 is 0 Å². The fourth-order valence-corrected chi connectivity index (χ4v) is 3.47. The van der Waals surface area contributed by atoms with Crippen molar-refractivity contribution in [2.45, 2.75) is 58.5 Å². The van der Waals surface area contributed by atoms with Gasteiger partial charge in [0.05, 0.1) is 0 Å². The number of hydrogen-bond donors (Lipinski definition) is 2. The molecule has 1 heterocycles. The molecule has 2 aliphatic rings. The Morgan fingerprint density at radius 1 is 1.04 bits per heavy atom. The van der Waals surface area contributed by atoms with Crippen molar-refractivity contribution in [2.75, 3.05) is 13.1 Å². The highest BCUT2D eigenvalue weighted by Gasteiger charge is 2.35. The molecule has 2 fully saturated rings. The van der Waals surface area contributed by atoms with E-state index >= 15 is 0 Å². The Morgan fingerprint density at radius 2 is 1.68 bits per heavy atom. The highest BCUT2D eigenvalue weighted by molar-refractivity contribution is 5.94. The van der Waals surface area contributed by atoms with Gasteiger partial charge in [-0.15, -0.1) is 0 Å². The molecule has 1 aliphatic carbocycles. The van der Waals surface area contributed by atoms with Crippen molar-refractivity contribution < 1.29 is 14.4 Å². The van der Waals surface area contributed by atoms with Gasteiger partial charge in [0.25, 0.3) is 5.91 Å². The molecule has 152 valence electrons. The van der Waals surface area contributed by atoms with Gasteiger partial charge in [0.15, 0.2) is 0 Å². The Hall–Kier alpha value is -2.37. The van der Waals surface area contributed by atoms with Crippen LogP contribution in [0.15, 0.2) is 24.3 Å². The first kappa shape index (κ1) is 20.4. The van der Waals surface area contributed by atoms with Crippen LogP contribution in [-0.4, -0.2) is 41.8 Å². The van der Waals surface area contributed by atoms with Crippen molar-refractivity contribution in [3.8, 4) is 0 Å². The molecule has 1 aromatic carbocycles. The summed E-state index contributed by atoms with van der Waals surface area (Å²) in [5, 5.41) is 5.94. The maximum Gasteiger partial charge on any atom is 0.251 e. The molecule has 1 saturated heterocycles. The molecule has 3 amide bonds. The molecule has 1 atom stereocenters. The van der Waals surface area contributed by atoms with Gasteiger partial charge in [-0.2, -0.15) is 0 Å². The highest BCUT2D eigenvalue weighted by atomic mass is 16.2. The van der Waals surface area contributed by atoms with Gasteiger partial charge in [-0.1, -0.05) is 19.1 Å². The van der Waals surface area contributed by atoms with E-state index in [0.717, 1.165) is 37.7 Å². The van der Waals surface area contributed by atoms with Crippen LogP contribution in [0.2, 0.25) is 0 Å². The van der Waals surface area contributed by atoms with Crippen LogP contribution in [0, 0.1) is 11.8 Å². The number of carbonyl (C=O) groups excluding carboxylic acids is 3. The van der Waals surface area contributed by atoms with E-state index in [1.165, 1.54) is 0 Å². The van der Waals surface area contributed by atoms with Crippen LogP contribution in [-0.2, 0) is 16.1 Å². The number of rotatable bonds is 7. The first-order chi connectivity index (χ1) is 13.5. The van der Waals surface area contributed by atoms with Gasteiger partial charge in [-0.25, -0.2) is 0 Å². The molecule has 1 saturated carbocycles. The summed E-state index contributed by atoms with van der Waals surface area (Å²) < 4.78 is 0. The van der Waals surface area contributed by atoms with Crippen molar-refractivity contribution in [3.63, 3.8) is 0 Å². The summed E-state index contributed by atoms with van der Waals surface area (Å²) in [5.41, 5.74) is 1.60. The lowest BCUT2D eigenvalue weighted by molar-refractivity contribution is -0.136. The van der Waals surface area contributed by atoms with E-state index in [0.29, 0.717) is 25.2 Å². The summed E-state index contributed by atoms with van der Waals surface area (Å²) in [6, 6.07) is 7.49. The minimum atomic E-state index is -0.0718. The number of piperidine rings is 1. The van der Waals surface area contributed by atoms with Gasteiger partial charge in [-0.05, 0) is 56.7 Å². The van der Waals surface area contributed by atoms with E-state index in [4.69, 9.17) is 0 Å². The fraction of sp³-hybridized carbons (Fsp3) is 0.591. The number of amides is 3. The van der Waals surface area contributed by atoms with Gasteiger partial charge in [-0.3, -0.25) is 14.4 Å². The van der Waals surface area contributed by atoms with Crippen LogP contribution in [0.4, 0.5) is 0 Å². The molecular formula is C22H31N3O3. The number of nitrogens with zero attached hydrogens (tertiary/aromatic N) is 1. The lowest BCUT2D eigenvalue weighted by Gasteiger charge is -2.31. The van der Waals surface area contributed by atoms with E-state index in [-0.39, 0.29) is 35.6 Å². The van der Waals surface area contributed by atoms with Gasteiger partial charge in [0, 0.05) is 43.1 Å². The first-order valence-corrected chi connectivity index (χ1v) is 10.4. The third-order valence-corrected chi connectivity index (χ3v) is 5.78. The van der Waals surface area contributed by atoms with Crippen molar-refractivity contribution >= 4 is 17.7 Å². The maximum atomic E-state index is 12.4. The van der Waals surface area contributed by atoms with Crippen molar-refractivity contribution in [1.82, 2.24) is 15.5 Å². The van der Waals surface area contributed by atoms with Crippen LogP contribution in [0.1, 0.15) is 61.9 Å². The number of benzene rings is 1. The van der Waals surface area contributed by atoms with Gasteiger partial charge < -0.3 is 15.5 Å². The smallest absolute Gasteiger partial charge is 0.251 e. The molecule has 2 N–H and O–H groups in total. The number of hydrogen-bond acceptors (Lipinski definition) is 3. The second-order valence-electron chi connectivity index (χ2n) is 8.07. The molecule has 1 aliphatic heterocycles. The quantitative estimate of drug-likeness (QED) is 0.757. The fourth-order valence-electron chi connectivity index (χ4n) is 3.47. The predicted molar refractivity (Wildman–Crippen MR) is 108 cm³/mol. The molecule has 0 bridgehead atoms. The molecule has 0 unspecified atom stereocenters. The van der Waals surface area contributed by atoms with Crippen LogP contribution < -0.4 is 10.6 Å². The molecule has 0 aromatic heterocycles. The minimum Gasteiger partial charge on any atom is -0.352 e. The van der Waals surface area contributed by atoms with Gasteiger partial charge >= 0.3 is 0 Å². The summed E-state index contributed by atoms with van der Waals surface area (Å²) in [7, 11) is 0. The van der Waals surface area contributed by atoms with Crippen LogP contribution >= 0.6 is 0 Å². The van der Waals surface area contributed by atoms with Gasteiger partial charge in [0.2, 0.25) is 11.8 Å². The second kappa shape index (κ2) is 9.22. The third-order valence-electron chi connectivity index (χ3n) is 5.78. The molecule has 28 heavy (non-hydrogen) atoms. The Balaban J connectivity index is 1.42. The molecule has 0 spiro atoms. The highest BCUT2D eigenvalue weighted by Crippen LogP contribution is 2.32. The Labute approximate surface area is 167 Å². The average molecular weight is 386 g/mol. The number of carbonyl (C=O) groups is 3. The zero-order valence-electron chi connectivity index (χ0n) is 16.9. The summed E-state index contributed by atoms with van der Waals surface area (Å²) in [5.74, 6) is 0.482. The first-order valence-electron chi connectivity index (χ1n) is 10.4. The summed E-state index contributed by atoms with van der Waals surface area (Å²) >= 11 is 0. The normalized spacial score (nSPS) is 18.4. The van der Waals surface area contributed by atoms with E-state index in [9.17, 15) is 14.4 Å². The van der Waals surface area contributed by atoms with Crippen molar-refractivity contribution in [1.29, 1.82) is 0 Å². The monoisotopic (exact) mass is 385 g/mol. The molecule has 6 heteroatoms. The van der Waals surface area contributed by atoms with Crippen molar-refractivity contribution in [3.05, 3.63) is 35.4 Å². The zero-order valence-corrected chi connectivity index (χ0v) is 16.9. The Bertz CT molecular complexity index is 704. The SMILES string of the molecule is CC[C@@H](C)NC(=O)c1ccc(CNC(=O)C2CCN(C(=O)C3CC3)CC2)cc1. The standard InChI is InChI=1S/C22H31N3O3/c1-3-15(2)24-21(27)17-6-4-16(5-7-17)14-23-20(26)18-10-12-25(13-11-18)22(28)19-8-9-19/h4-7,15,18-19H,3,8-14H2,1-2H3,(H,23,26)(H,24,27)/t15-/m1/s1. The summed E-state index contributed by atoms with van der Waals surface area (Å²) in [4.78, 5) is 38.6. The van der Waals surface area contributed by atoms with Crippen LogP contribution in [0.25, 0.3) is 0 Å². The van der Waals surface area contributed by atoms with Crippen molar-refractivity contribution in [2.24, 2.45) is 11.8 Å². The number of likely N-dealkylation sites (tertiary alicyclic amines) is 1. The van der Waals surface area contributed by atoms with Crippen LogP contribution in [0.5, 0.6) is 0 Å². The average Bonchev–Trinajstić information content (AvgIpc) is 3.57. The third kappa shape index (κ3) is 5.33. The number of nitrogens with one attached hydrogen (secondary N) is 2. The van der Waals surface area contributed by atoms with Gasteiger partial charge in [0.1, 0.15) is 0 Å². The maximum absolute atomic E-state index is 12.4. The molecule has 0 radical (unpaired) electrons. The largest absolute Gasteiger partial charge is 0.352 e. The summed E-state index contributed by atoms with van der Waals surface area (Å²) in [6.07, 6.45) is 4.41. The Kier molecular flexibility index (Phi) is 6.70. The minimum absolute atomic E-state index is 0.0242. The van der Waals surface area contributed by atoms with E-state index in [1.807, 2.05) is 30.9 Å². The molecular weight excluding hydrogens is 354 g/mol. The lowest BCUT2D eigenvalue weighted by Crippen LogP contribution is -2.43. The summed E-state index contributed by atoms with van der Waals surface area (Å²) in [6.45, 7) is 5.84. The zero-order chi connectivity index (χ0) is 20.1. The molecule has 6 nitrogen and oxygen atoms in total. The van der Waals surface area contributed by atoms with Crippen LogP contribution in [0.3, 0.4) is 0 Å². The second-order valence-corrected chi connectivity index (χ2v) is 8.07. The molecule has 1 aromatic rings. The lowest BCUT2D eigenvalue weighted by atomic mass is 9.95. The predicted octanol–water partition coefficient (Wildman–Crippen LogP) is 2.48. The topological polar surface area (TPSA) is 78.5 Å². The van der Waals surface area contributed by atoms with E-state index in [1.54, 1.807) is 12.1 Å².